The van der Waals surface area contributed by atoms with Crippen molar-refractivity contribution in [3.05, 3.63) is 94.6 Å². The van der Waals surface area contributed by atoms with Crippen molar-refractivity contribution in [2.24, 2.45) is 0 Å². The molecule has 1 saturated heterocycles. The fourth-order valence-corrected chi connectivity index (χ4v) is 4.58. The van der Waals surface area contributed by atoms with E-state index in [-0.39, 0.29) is 17.3 Å². The molecule has 36 heavy (non-hydrogen) atoms. The predicted molar refractivity (Wildman–Crippen MR) is 141 cm³/mol. The second-order valence-corrected chi connectivity index (χ2v) is 9.07. The molecule has 1 aliphatic heterocycles. The average Bonchev–Trinajstić information content (AvgIpc) is 3.17. The number of ketones is 1. The van der Waals surface area contributed by atoms with Crippen molar-refractivity contribution >= 4 is 23.1 Å². The lowest BCUT2D eigenvalue weighted by molar-refractivity contribution is -0.132. The van der Waals surface area contributed by atoms with Gasteiger partial charge in [0.05, 0.1) is 25.8 Å². The number of carbonyl (C=O) groups excluding carboxylic acids is 2. The van der Waals surface area contributed by atoms with Crippen molar-refractivity contribution in [3.8, 4) is 11.5 Å². The SMILES string of the molecule is CCc1ccc(N2C(=O)C(=O)/C(=C(\O)c3ccc(OC)c(C(C)C)c3)C2c2ccc(OC)cc2)cc1. The quantitative estimate of drug-likeness (QED) is 0.252. The topological polar surface area (TPSA) is 76.1 Å². The third-order valence-corrected chi connectivity index (χ3v) is 6.62. The molecule has 0 radical (unpaired) electrons. The van der Waals surface area contributed by atoms with Gasteiger partial charge < -0.3 is 14.6 Å². The first-order valence-electron chi connectivity index (χ1n) is 12.0. The van der Waals surface area contributed by atoms with Gasteiger partial charge in [0, 0.05) is 11.3 Å². The zero-order valence-corrected chi connectivity index (χ0v) is 21.2. The number of methoxy groups -OCH3 is 2. The van der Waals surface area contributed by atoms with Crippen molar-refractivity contribution < 1.29 is 24.2 Å². The highest BCUT2D eigenvalue weighted by molar-refractivity contribution is 6.51. The van der Waals surface area contributed by atoms with Gasteiger partial charge in [0.25, 0.3) is 11.7 Å². The number of ether oxygens (including phenoxy) is 2. The van der Waals surface area contributed by atoms with E-state index in [0.29, 0.717) is 28.3 Å². The number of hydrogen-bond acceptors (Lipinski definition) is 5. The molecular weight excluding hydrogens is 454 g/mol. The van der Waals surface area contributed by atoms with E-state index in [2.05, 4.69) is 6.92 Å². The van der Waals surface area contributed by atoms with Crippen molar-refractivity contribution in [1.29, 1.82) is 0 Å². The van der Waals surface area contributed by atoms with Gasteiger partial charge >= 0.3 is 0 Å². The van der Waals surface area contributed by atoms with E-state index in [1.54, 1.807) is 38.5 Å². The highest BCUT2D eigenvalue weighted by atomic mass is 16.5. The maximum absolute atomic E-state index is 13.4. The minimum Gasteiger partial charge on any atom is -0.507 e. The average molecular weight is 486 g/mol. The molecule has 4 rings (SSSR count). The zero-order chi connectivity index (χ0) is 26.0. The number of aliphatic hydroxyl groups is 1. The van der Waals surface area contributed by atoms with Crippen molar-refractivity contribution in [2.45, 2.75) is 39.2 Å². The van der Waals surface area contributed by atoms with E-state index in [9.17, 15) is 14.7 Å². The summed E-state index contributed by atoms with van der Waals surface area (Å²) in [7, 11) is 3.17. The summed E-state index contributed by atoms with van der Waals surface area (Å²) in [6.07, 6.45) is 0.858. The van der Waals surface area contributed by atoms with Gasteiger partial charge in [0.2, 0.25) is 0 Å². The Labute approximate surface area is 211 Å². The summed E-state index contributed by atoms with van der Waals surface area (Å²) in [4.78, 5) is 28.3. The molecule has 1 aliphatic rings. The maximum Gasteiger partial charge on any atom is 0.300 e. The largest absolute Gasteiger partial charge is 0.507 e. The molecule has 6 heteroatoms. The second kappa shape index (κ2) is 10.3. The number of aliphatic hydroxyl groups excluding tert-OH is 1. The first kappa shape index (κ1) is 25.0. The van der Waals surface area contributed by atoms with Gasteiger partial charge in [-0.05, 0) is 71.5 Å². The molecule has 0 aromatic heterocycles. The smallest absolute Gasteiger partial charge is 0.300 e. The highest BCUT2D eigenvalue weighted by Crippen LogP contribution is 2.43. The predicted octanol–water partition coefficient (Wildman–Crippen LogP) is 6.02. The summed E-state index contributed by atoms with van der Waals surface area (Å²) >= 11 is 0. The number of benzene rings is 3. The Morgan fingerprint density at radius 3 is 2.17 bits per heavy atom. The molecule has 186 valence electrons. The number of rotatable bonds is 7. The lowest BCUT2D eigenvalue weighted by Crippen LogP contribution is -2.29. The Kier molecular flexibility index (Phi) is 7.15. The van der Waals surface area contributed by atoms with Crippen LogP contribution in [-0.2, 0) is 16.0 Å². The molecule has 6 nitrogen and oxygen atoms in total. The number of Topliss-reactive ketones (excluding diaryl/α,β-unsaturated/α-hetero) is 1. The summed E-state index contributed by atoms with van der Waals surface area (Å²) in [5.74, 6) is -0.144. The van der Waals surface area contributed by atoms with Gasteiger partial charge in [0.15, 0.2) is 0 Å². The van der Waals surface area contributed by atoms with E-state index in [0.717, 1.165) is 17.5 Å². The number of aryl methyl sites for hydroxylation is 1. The van der Waals surface area contributed by atoms with Gasteiger partial charge in [-0.2, -0.15) is 0 Å². The molecule has 0 bridgehead atoms. The van der Waals surface area contributed by atoms with E-state index in [1.807, 2.05) is 56.3 Å². The van der Waals surface area contributed by atoms with Gasteiger partial charge in [-0.3, -0.25) is 14.5 Å². The Morgan fingerprint density at radius 1 is 0.944 bits per heavy atom. The Morgan fingerprint density at radius 2 is 1.61 bits per heavy atom. The molecule has 0 aliphatic carbocycles. The number of anilines is 1. The summed E-state index contributed by atoms with van der Waals surface area (Å²) in [6, 6.07) is 19.2. The third kappa shape index (κ3) is 4.47. The molecule has 1 unspecified atom stereocenters. The van der Waals surface area contributed by atoms with Crippen LogP contribution in [-0.4, -0.2) is 31.0 Å². The second-order valence-electron chi connectivity index (χ2n) is 9.07. The molecule has 1 N–H and O–H groups in total. The summed E-state index contributed by atoms with van der Waals surface area (Å²) in [5.41, 5.74) is 3.80. The van der Waals surface area contributed by atoms with Crippen LogP contribution in [0.3, 0.4) is 0 Å². The van der Waals surface area contributed by atoms with Crippen LogP contribution in [0.1, 0.15) is 55.0 Å². The van der Waals surface area contributed by atoms with Crippen molar-refractivity contribution in [3.63, 3.8) is 0 Å². The molecule has 1 atom stereocenters. The van der Waals surface area contributed by atoms with Crippen LogP contribution in [0.25, 0.3) is 5.76 Å². The first-order valence-corrected chi connectivity index (χ1v) is 12.0. The summed E-state index contributed by atoms with van der Waals surface area (Å²) in [6.45, 7) is 6.11. The van der Waals surface area contributed by atoms with E-state index in [4.69, 9.17) is 9.47 Å². The third-order valence-electron chi connectivity index (χ3n) is 6.62. The monoisotopic (exact) mass is 485 g/mol. The van der Waals surface area contributed by atoms with Gasteiger partial charge in [-0.1, -0.05) is 45.0 Å². The first-order chi connectivity index (χ1) is 17.3. The van der Waals surface area contributed by atoms with Gasteiger partial charge in [-0.25, -0.2) is 0 Å². The number of amides is 1. The molecule has 0 saturated carbocycles. The van der Waals surface area contributed by atoms with Gasteiger partial charge in [-0.15, -0.1) is 0 Å². The molecule has 0 spiro atoms. The fraction of sp³-hybridized carbons (Fsp3) is 0.267. The molecule has 3 aromatic carbocycles. The van der Waals surface area contributed by atoms with E-state index < -0.39 is 17.7 Å². The molecule has 1 heterocycles. The molecule has 1 amide bonds. The van der Waals surface area contributed by atoms with Crippen LogP contribution in [0, 0.1) is 0 Å². The Bertz CT molecular complexity index is 1310. The van der Waals surface area contributed by atoms with E-state index in [1.165, 1.54) is 4.90 Å². The number of hydrogen-bond donors (Lipinski definition) is 1. The highest BCUT2D eigenvalue weighted by Gasteiger charge is 2.47. The van der Waals surface area contributed by atoms with Crippen LogP contribution in [0.2, 0.25) is 0 Å². The maximum atomic E-state index is 13.4. The Hall–Kier alpha value is -4.06. The number of nitrogens with zero attached hydrogens (tertiary/aromatic N) is 1. The van der Waals surface area contributed by atoms with E-state index >= 15 is 0 Å². The van der Waals surface area contributed by atoms with Crippen LogP contribution < -0.4 is 14.4 Å². The van der Waals surface area contributed by atoms with Crippen LogP contribution in [0.5, 0.6) is 11.5 Å². The summed E-state index contributed by atoms with van der Waals surface area (Å²) < 4.78 is 10.8. The molecule has 1 fully saturated rings. The summed E-state index contributed by atoms with van der Waals surface area (Å²) in [5, 5.41) is 11.5. The number of carbonyl (C=O) groups is 2. The van der Waals surface area contributed by atoms with Crippen LogP contribution in [0.4, 0.5) is 5.69 Å². The standard InChI is InChI=1S/C30H31NO5/c1-6-19-7-12-22(13-8-19)31-27(20-9-14-23(35-4)15-10-20)26(29(33)30(31)34)28(32)21-11-16-25(36-5)24(17-21)18(2)3/h7-18,27,32H,6H2,1-5H3/b28-26-. The van der Waals surface area contributed by atoms with Gasteiger partial charge in [0.1, 0.15) is 17.3 Å². The molecule has 3 aromatic rings. The van der Waals surface area contributed by atoms with Crippen molar-refractivity contribution in [2.75, 3.05) is 19.1 Å². The lowest BCUT2D eigenvalue weighted by atomic mass is 9.93. The minimum atomic E-state index is -0.798. The Balaban J connectivity index is 1.92. The van der Waals surface area contributed by atoms with Crippen molar-refractivity contribution in [1.82, 2.24) is 0 Å². The normalized spacial score (nSPS) is 17.1. The lowest BCUT2D eigenvalue weighted by Gasteiger charge is -2.26. The fourth-order valence-electron chi connectivity index (χ4n) is 4.58. The molecular formula is C30H31NO5. The zero-order valence-electron chi connectivity index (χ0n) is 21.2. The van der Waals surface area contributed by atoms with Crippen LogP contribution >= 0.6 is 0 Å². The minimum absolute atomic E-state index is 0.0459. The van der Waals surface area contributed by atoms with Crippen LogP contribution in [0.15, 0.2) is 72.3 Å².